The Balaban J connectivity index is 4.41. The third-order valence-corrected chi connectivity index (χ3v) is 3.13. The molecule has 70 valence electrons. The minimum absolute atomic E-state index is 0.406. The second-order valence-corrected chi connectivity index (χ2v) is 4.00. The molecule has 0 aromatic heterocycles. The van der Waals surface area contributed by atoms with Crippen LogP contribution in [0.4, 0.5) is 0 Å². The summed E-state index contributed by atoms with van der Waals surface area (Å²) in [4.78, 5) is 0. The van der Waals surface area contributed by atoms with Crippen LogP contribution in [0.2, 0.25) is 0 Å². The van der Waals surface area contributed by atoms with Gasteiger partial charge in [0.2, 0.25) is 0 Å². The second kappa shape index (κ2) is 5.25. The van der Waals surface area contributed by atoms with Crippen molar-refractivity contribution in [3.63, 3.8) is 0 Å². The highest BCUT2D eigenvalue weighted by Crippen LogP contribution is 2.39. The van der Waals surface area contributed by atoms with Crippen LogP contribution in [0.25, 0.3) is 0 Å². The molecule has 1 unspecified atom stereocenters. The third kappa shape index (κ3) is 2.55. The lowest BCUT2D eigenvalue weighted by atomic mass is 9.70. The van der Waals surface area contributed by atoms with E-state index in [1.54, 1.807) is 0 Å². The molecule has 0 saturated heterocycles. The fourth-order valence-electron chi connectivity index (χ4n) is 1.99. The van der Waals surface area contributed by atoms with Crippen LogP contribution in [0.15, 0.2) is 0 Å². The average Bonchev–Trinajstić information content (AvgIpc) is 2.03. The maximum atomic E-state index is 5.41. The molecule has 0 heteroatoms. The van der Waals surface area contributed by atoms with Crippen molar-refractivity contribution < 1.29 is 0 Å². The van der Waals surface area contributed by atoms with E-state index in [1.807, 2.05) is 0 Å². The van der Waals surface area contributed by atoms with Gasteiger partial charge in [-0.05, 0) is 24.2 Å². The Morgan fingerprint density at radius 1 is 1.33 bits per heavy atom. The van der Waals surface area contributed by atoms with E-state index in [9.17, 15) is 0 Å². The van der Waals surface area contributed by atoms with Gasteiger partial charge in [-0.25, -0.2) is 0 Å². The lowest BCUT2D eigenvalue weighted by Gasteiger charge is -2.35. The van der Waals surface area contributed by atoms with E-state index < -0.39 is 0 Å². The molecule has 0 radical (unpaired) electrons. The predicted molar refractivity (Wildman–Crippen MR) is 55.9 cm³/mol. The van der Waals surface area contributed by atoms with Crippen LogP contribution in [0.5, 0.6) is 0 Å². The molecule has 0 aliphatic carbocycles. The van der Waals surface area contributed by atoms with Gasteiger partial charge in [0, 0.05) is 6.42 Å². The summed E-state index contributed by atoms with van der Waals surface area (Å²) >= 11 is 0. The normalized spacial score (nSPS) is 15.7. The molecule has 0 aromatic rings. The third-order valence-electron chi connectivity index (χ3n) is 3.13. The van der Waals surface area contributed by atoms with Crippen molar-refractivity contribution in [3.8, 4) is 12.3 Å². The summed E-state index contributed by atoms with van der Waals surface area (Å²) in [6.45, 7) is 9.07. The Hall–Kier alpha value is -0.440. The molecule has 0 aromatic carbocycles. The van der Waals surface area contributed by atoms with E-state index in [2.05, 4.69) is 33.6 Å². The van der Waals surface area contributed by atoms with E-state index in [4.69, 9.17) is 6.42 Å². The van der Waals surface area contributed by atoms with Gasteiger partial charge in [0.25, 0.3) is 0 Å². The predicted octanol–water partition coefficient (Wildman–Crippen LogP) is 3.86. The van der Waals surface area contributed by atoms with Crippen LogP contribution in [0.3, 0.4) is 0 Å². The van der Waals surface area contributed by atoms with Gasteiger partial charge in [-0.1, -0.05) is 34.1 Å². The lowest BCUT2D eigenvalue weighted by molar-refractivity contribution is 0.167. The molecule has 1 atom stereocenters. The Kier molecular flexibility index (Phi) is 5.06. The van der Waals surface area contributed by atoms with Crippen molar-refractivity contribution in [2.24, 2.45) is 11.3 Å². The summed E-state index contributed by atoms with van der Waals surface area (Å²) in [7, 11) is 0. The molecule has 0 rings (SSSR count). The van der Waals surface area contributed by atoms with Crippen LogP contribution in [-0.4, -0.2) is 0 Å². The largest absolute Gasteiger partial charge is 0.120 e. The Labute approximate surface area is 77.8 Å². The number of terminal acetylenes is 1. The highest BCUT2D eigenvalue weighted by molar-refractivity contribution is 4.95. The monoisotopic (exact) mass is 166 g/mol. The molecule has 0 nitrogen and oxygen atoms in total. The maximum absolute atomic E-state index is 5.41. The first-order chi connectivity index (χ1) is 5.63. The quantitative estimate of drug-likeness (QED) is 0.544. The molecular weight excluding hydrogens is 144 g/mol. The molecule has 0 N–H and O–H groups in total. The summed E-state index contributed by atoms with van der Waals surface area (Å²) in [6.07, 6.45) is 10.1. The second-order valence-electron chi connectivity index (χ2n) is 4.00. The van der Waals surface area contributed by atoms with Gasteiger partial charge in [-0.3, -0.25) is 0 Å². The summed E-state index contributed by atoms with van der Waals surface area (Å²) in [5.74, 6) is 3.53. The van der Waals surface area contributed by atoms with Crippen molar-refractivity contribution in [1.29, 1.82) is 0 Å². The fraction of sp³-hybridized carbons (Fsp3) is 0.833. The van der Waals surface area contributed by atoms with Crippen molar-refractivity contribution in [2.75, 3.05) is 0 Å². The smallest absolute Gasteiger partial charge is 0.0145 e. The average molecular weight is 166 g/mol. The molecular formula is C12H22. The zero-order chi connectivity index (χ0) is 9.61. The summed E-state index contributed by atoms with van der Waals surface area (Å²) in [6, 6.07) is 0. The van der Waals surface area contributed by atoms with E-state index in [1.165, 1.54) is 19.3 Å². The summed E-state index contributed by atoms with van der Waals surface area (Å²) < 4.78 is 0. The SMILES string of the molecule is C#CCC(CC)(CCC)C(C)C. The summed E-state index contributed by atoms with van der Waals surface area (Å²) in [5, 5.41) is 0. The summed E-state index contributed by atoms with van der Waals surface area (Å²) in [5.41, 5.74) is 0.406. The molecule has 12 heavy (non-hydrogen) atoms. The number of hydrogen-bond acceptors (Lipinski definition) is 0. The van der Waals surface area contributed by atoms with E-state index in [-0.39, 0.29) is 0 Å². The molecule has 0 spiro atoms. The topological polar surface area (TPSA) is 0 Å². The van der Waals surface area contributed by atoms with E-state index in [0.717, 1.165) is 6.42 Å². The molecule has 0 heterocycles. The Bertz CT molecular complexity index is 150. The highest BCUT2D eigenvalue weighted by atomic mass is 14.3. The first-order valence-corrected chi connectivity index (χ1v) is 5.06. The number of rotatable bonds is 5. The standard InChI is InChI=1S/C12H22/c1-6-9-12(8-3,10-7-2)11(4)5/h1,11H,7-10H2,2-5H3. The van der Waals surface area contributed by atoms with Gasteiger partial charge in [0.15, 0.2) is 0 Å². The van der Waals surface area contributed by atoms with Gasteiger partial charge in [-0.2, -0.15) is 0 Å². The van der Waals surface area contributed by atoms with Gasteiger partial charge >= 0.3 is 0 Å². The maximum Gasteiger partial charge on any atom is 0.0145 e. The van der Waals surface area contributed by atoms with E-state index >= 15 is 0 Å². The lowest BCUT2D eigenvalue weighted by Crippen LogP contribution is -2.25. The zero-order valence-corrected chi connectivity index (χ0v) is 8.98. The number of hydrogen-bond donors (Lipinski definition) is 0. The minimum atomic E-state index is 0.406. The Morgan fingerprint density at radius 3 is 2.17 bits per heavy atom. The van der Waals surface area contributed by atoms with Crippen LogP contribution >= 0.6 is 0 Å². The molecule has 0 bridgehead atoms. The molecule has 0 aliphatic heterocycles. The van der Waals surface area contributed by atoms with Crippen LogP contribution < -0.4 is 0 Å². The van der Waals surface area contributed by atoms with Crippen LogP contribution in [0.1, 0.15) is 53.4 Å². The van der Waals surface area contributed by atoms with E-state index in [0.29, 0.717) is 11.3 Å². The van der Waals surface area contributed by atoms with Crippen molar-refractivity contribution in [3.05, 3.63) is 0 Å². The first kappa shape index (κ1) is 11.6. The van der Waals surface area contributed by atoms with Gasteiger partial charge < -0.3 is 0 Å². The van der Waals surface area contributed by atoms with Gasteiger partial charge in [-0.15, -0.1) is 12.3 Å². The fourth-order valence-corrected chi connectivity index (χ4v) is 1.99. The van der Waals surface area contributed by atoms with Crippen molar-refractivity contribution in [2.45, 2.75) is 53.4 Å². The highest BCUT2D eigenvalue weighted by Gasteiger charge is 2.29. The minimum Gasteiger partial charge on any atom is -0.120 e. The van der Waals surface area contributed by atoms with Gasteiger partial charge in [0.05, 0.1) is 0 Å². The van der Waals surface area contributed by atoms with Crippen LogP contribution in [0, 0.1) is 23.7 Å². The Morgan fingerprint density at radius 2 is 1.92 bits per heavy atom. The van der Waals surface area contributed by atoms with Gasteiger partial charge in [0.1, 0.15) is 0 Å². The van der Waals surface area contributed by atoms with Crippen LogP contribution in [-0.2, 0) is 0 Å². The first-order valence-electron chi connectivity index (χ1n) is 5.06. The molecule has 0 saturated carbocycles. The van der Waals surface area contributed by atoms with Crippen molar-refractivity contribution in [1.82, 2.24) is 0 Å². The van der Waals surface area contributed by atoms with Crippen molar-refractivity contribution >= 4 is 0 Å². The zero-order valence-electron chi connectivity index (χ0n) is 8.98. The molecule has 0 fully saturated rings. The molecule has 0 amide bonds. The molecule has 0 aliphatic rings.